The summed E-state index contributed by atoms with van der Waals surface area (Å²) in [5.41, 5.74) is 0.561. The van der Waals surface area contributed by atoms with E-state index >= 15 is 0 Å². The smallest absolute Gasteiger partial charge is 0.271 e. The summed E-state index contributed by atoms with van der Waals surface area (Å²) in [6.45, 7) is 1.84. The molecule has 1 aliphatic rings. The van der Waals surface area contributed by atoms with Gasteiger partial charge in [0.05, 0.1) is 6.07 Å². The van der Waals surface area contributed by atoms with Crippen molar-refractivity contribution in [3.63, 3.8) is 0 Å². The molecule has 0 saturated heterocycles. The predicted octanol–water partition coefficient (Wildman–Crippen LogP) is 1.96. The molecule has 2 rings (SSSR count). The molecule has 1 heterocycles. The van der Waals surface area contributed by atoms with Gasteiger partial charge in [0, 0.05) is 6.20 Å². The number of rotatable bonds is 2. The van der Waals surface area contributed by atoms with Gasteiger partial charge < -0.3 is 5.32 Å². The Labute approximate surface area is 101 Å². The Morgan fingerprint density at radius 1 is 1.53 bits per heavy atom. The maximum Gasteiger partial charge on any atom is 0.271 e. The highest BCUT2D eigenvalue weighted by molar-refractivity contribution is 5.94. The standard InChI is InChI=1S/C13H15N3O/c1-10-5-4-8-15-11(10)12(17)16-13(9-14)6-2-3-7-13/h4-5,8H,2-3,6-7H2,1H3,(H,16,17). The van der Waals surface area contributed by atoms with E-state index in [1.54, 1.807) is 12.3 Å². The van der Waals surface area contributed by atoms with E-state index < -0.39 is 5.54 Å². The summed E-state index contributed by atoms with van der Waals surface area (Å²) in [6, 6.07) is 5.87. The molecule has 4 heteroatoms. The fraction of sp³-hybridized carbons (Fsp3) is 0.462. The van der Waals surface area contributed by atoms with Crippen molar-refractivity contribution in [2.24, 2.45) is 0 Å². The number of aromatic nitrogens is 1. The number of hydrogen-bond donors (Lipinski definition) is 1. The normalized spacial score (nSPS) is 17.4. The van der Waals surface area contributed by atoms with Crippen LogP contribution < -0.4 is 5.32 Å². The van der Waals surface area contributed by atoms with E-state index in [-0.39, 0.29) is 5.91 Å². The van der Waals surface area contributed by atoms with Crippen molar-refractivity contribution in [2.75, 3.05) is 0 Å². The van der Waals surface area contributed by atoms with Crippen LogP contribution in [0.2, 0.25) is 0 Å². The fourth-order valence-electron chi connectivity index (χ4n) is 2.24. The molecule has 4 nitrogen and oxygen atoms in total. The summed E-state index contributed by atoms with van der Waals surface area (Å²) in [4.78, 5) is 16.1. The molecule has 1 aromatic rings. The van der Waals surface area contributed by atoms with Crippen LogP contribution in [0.4, 0.5) is 0 Å². The number of amides is 1. The van der Waals surface area contributed by atoms with E-state index in [9.17, 15) is 10.1 Å². The maximum absolute atomic E-state index is 12.1. The number of carbonyl (C=O) groups is 1. The Morgan fingerprint density at radius 2 is 2.24 bits per heavy atom. The Kier molecular flexibility index (Phi) is 3.10. The fourth-order valence-corrected chi connectivity index (χ4v) is 2.24. The Hall–Kier alpha value is -1.89. The molecule has 0 atom stereocenters. The largest absolute Gasteiger partial charge is 0.332 e. The van der Waals surface area contributed by atoms with Gasteiger partial charge in [-0.2, -0.15) is 5.26 Å². The van der Waals surface area contributed by atoms with Crippen LogP contribution in [0, 0.1) is 18.3 Å². The Bertz CT molecular complexity index is 470. The predicted molar refractivity (Wildman–Crippen MR) is 63.3 cm³/mol. The second kappa shape index (κ2) is 4.54. The number of hydrogen-bond acceptors (Lipinski definition) is 3. The molecule has 1 aromatic heterocycles. The molecular weight excluding hydrogens is 214 g/mol. The number of aryl methyl sites for hydroxylation is 1. The van der Waals surface area contributed by atoms with Crippen LogP contribution in [0.15, 0.2) is 18.3 Å². The molecule has 0 unspecified atom stereocenters. The van der Waals surface area contributed by atoms with E-state index in [0.717, 1.165) is 31.2 Å². The highest BCUT2D eigenvalue weighted by Crippen LogP contribution is 2.29. The lowest BCUT2D eigenvalue weighted by atomic mass is 9.99. The second-order valence-corrected chi connectivity index (χ2v) is 4.52. The van der Waals surface area contributed by atoms with E-state index in [4.69, 9.17) is 0 Å². The maximum atomic E-state index is 12.1. The van der Waals surface area contributed by atoms with Crippen molar-refractivity contribution in [1.29, 1.82) is 5.26 Å². The summed E-state index contributed by atoms with van der Waals surface area (Å²) < 4.78 is 0. The minimum atomic E-state index is -0.680. The monoisotopic (exact) mass is 229 g/mol. The van der Waals surface area contributed by atoms with Gasteiger partial charge in [0.25, 0.3) is 5.91 Å². The summed E-state index contributed by atoms with van der Waals surface area (Å²) >= 11 is 0. The third-order valence-corrected chi connectivity index (χ3v) is 3.25. The number of carbonyl (C=O) groups excluding carboxylic acids is 1. The third-order valence-electron chi connectivity index (χ3n) is 3.25. The molecule has 0 spiro atoms. The molecule has 17 heavy (non-hydrogen) atoms. The van der Waals surface area contributed by atoms with Crippen LogP contribution in [0.1, 0.15) is 41.7 Å². The van der Waals surface area contributed by atoms with Crippen molar-refractivity contribution in [3.8, 4) is 6.07 Å². The Morgan fingerprint density at radius 3 is 2.82 bits per heavy atom. The summed E-state index contributed by atoms with van der Waals surface area (Å²) in [5.74, 6) is -0.244. The van der Waals surface area contributed by atoms with E-state index in [1.807, 2.05) is 13.0 Å². The lowest BCUT2D eigenvalue weighted by molar-refractivity contribution is 0.0915. The third kappa shape index (κ3) is 2.28. The molecule has 1 fully saturated rings. The molecule has 88 valence electrons. The van der Waals surface area contributed by atoms with Gasteiger partial charge in [-0.3, -0.25) is 9.78 Å². The van der Waals surface area contributed by atoms with Crippen LogP contribution in [0.3, 0.4) is 0 Å². The first kappa shape index (κ1) is 11.6. The topological polar surface area (TPSA) is 65.8 Å². The van der Waals surface area contributed by atoms with Gasteiger partial charge in [0.1, 0.15) is 11.2 Å². The number of pyridine rings is 1. The highest BCUT2D eigenvalue weighted by atomic mass is 16.2. The molecule has 0 bridgehead atoms. The quantitative estimate of drug-likeness (QED) is 0.843. The minimum absolute atomic E-state index is 0.244. The lowest BCUT2D eigenvalue weighted by Crippen LogP contribution is -2.45. The zero-order valence-electron chi connectivity index (χ0n) is 9.86. The van der Waals surface area contributed by atoms with Crippen molar-refractivity contribution in [1.82, 2.24) is 10.3 Å². The first-order valence-electron chi connectivity index (χ1n) is 5.82. The van der Waals surface area contributed by atoms with E-state index in [0.29, 0.717) is 5.69 Å². The van der Waals surface area contributed by atoms with Crippen molar-refractivity contribution in [3.05, 3.63) is 29.6 Å². The molecule has 0 aromatic carbocycles. The average molecular weight is 229 g/mol. The van der Waals surface area contributed by atoms with Gasteiger partial charge in [-0.15, -0.1) is 0 Å². The number of nitrogens with one attached hydrogen (secondary N) is 1. The van der Waals surface area contributed by atoms with Crippen LogP contribution in [0.5, 0.6) is 0 Å². The molecule has 1 saturated carbocycles. The molecule has 1 amide bonds. The van der Waals surface area contributed by atoms with Crippen LogP contribution in [-0.2, 0) is 0 Å². The Balaban J connectivity index is 2.17. The average Bonchev–Trinajstić information content (AvgIpc) is 2.79. The first-order valence-corrected chi connectivity index (χ1v) is 5.82. The second-order valence-electron chi connectivity index (χ2n) is 4.52. The van der Waals surface area contributed by atoms with Gasteiger partial charge in [0.2, 0.25) is 0 Å². The van der Waals surface area contributed by atoms with Crippen molar-refractivity contribution < 1.29 is 4.79 Å². The molecule has 1 N–H and O–H groups in total. The van der Waals surface area contributed by atoms with E-state index in [1.165, 1.54) is 0 Å². The van der Waals surface area contributed by atoms with Crippen LogP contribution in [0.25, 0.3) is 0 Å². The zero-order valence-corrected chi connectivity index (χ0v) is 9.86. The van der Waals surface area contributed by atoms with Gasteiger partial charge in [-0.1, -0.05) is 6.07 Å². The van der Waals surface area contributed by atoms with Gasteiger partial charge in [-0.25, -0.2) is 0 Å². The van der Waals surface area contributed by atoms with Gasteiger partial charge >= 0.3 is 0 Å². The number of nitrogens with zero attached hydrogens (tertiary/aromatic N) is 2. The first-order chi connectivity index (χ1) is 8.17. The molecular formula is C13H15N3O. The minimum Gasteiger partial charge on any atom is -0.332 e. The van der Waals surface area contributed by atoms with Crippen LogP contribution >= 0.6 is 0 Å². The lowest BCUT2D eigenvalue weighted by Gasteiger charge is -2.21. The number of nitriles is 1. The molecule has 0 aliphatic heterocycles. The van der Waals surface area contributed by atoms with Crippen molar-refractivity contribution >= 4 is 5.91 Å². The van der Waals surface area contributed by atoms with E-state index in [2.05, 4.69) is 16.4 Å². The summed E-state index contributed by atoms with van der Waals surface area (Å²) in [6.07, 6.45) is 5.06. The SMILES string of the molecule is Cc1cccnc1C(=O)NC1(C#N)CCCC1. The highest BCUT2D eigenvalue weighted by Gasteiger charge is 2.36. The van der Waals surface area contributed by atoms with Gasteiger partial charge in [0.15, 0.2) is 0 Å². The summed E-state index contributed by atoms with van der Waals surface area (Å²) in [7, 11) is 0. The van der Waals surface area contributed by atoms with Crippen LogP contribution in [-0.4, -0.2) is 16.4 Å². The molecule has 1 aliphatic carbocycles. The molecule has 0 radical (unpaired) electrons. The van der Waals surface area contributed by atoms with Crippen molar-refractivity contribution in [2.45, 2.75) is 38.1 Å². The summed E-state index contributed by atoms with van der Waals surface area (Å²) in [5, 5.41) is 12.0. The van der Waals surface area contributed by atoms with Gasteiger partial charge in [-0.05, 0) is 44.2 Å². The zero-order chi connectivity index (χ0) is 12.3.